The second kappa shape index (κ2) is 8.91. The molecule has 0 radical (unpaired) electrons. The Morgan fingerprint density at radius 3 is 1.60 bits per heavy atom. The standard InChI is InChI=1S/C4H6O5.C3H7NO2/c5-2(4(8)9)1-3(6)7;4-2-1-3(5)6/h2,5H,1H2,(H,6,7)(H,8,9);1-2,4H2,(H,5,6). The Morgan fingerprint density at radius 2 is 1.53 bits per heavy atom. The summed E-state index contributed by atoms with van der Waals surface area (Å²) in [5, 5.41) is 32.0. The van der Waals surface area contributed by atoms with Crippen LogP contribution in [0.3, 0.4) is 0 Å². The van der Waals surface area contributed by atoms with Crippen molar-refractivity contribution in [1.82, 2.24) is 0 Å². The molecule has 0 aliphatic carbocycles. The van der Waals surface area contributed by atoms with E-state index in [4.69, 9.17) is 26.2 Å². The Balaban J connectivity index is 0. The number of carbonyl (C=O) groups is 3. The van der Waals surface area contributed by atoms with Crippen LogP contribution in [0.4, 0.5) is 0 Å². The number of hydrogen-bond donors (Lipinski definition) is 5. The first-order chi connectivity index (χ1) is 6.81. The van der Waals surface area contributed by atoms with Gasteiger partial charge in [-0.25, -0.2) is 4.79 Å². The van der Waals surface area contributed by atoms with Crippen molar-refractivity contribution in [2.24, 2.45) is 5.73 Å². The molecular weight excluding hydrogens is 210 g/mol. The monoisotopic (exact) mass is 223 g/mol. The molecule has 88 valence electrons. The topological polar surface area (TPSA) is 158 Å². The molecule has 6 N–H and O–H groups in total. The lowest BCUT2D eigenvalue weighted by molar-refractivity contribution is -0.152. The Hall–Kier alpha value is -1.67. The van der Waals surface area contributed by atoms with E-state index in [1.54, 1.807) is 0 Å². The van der Waals surface area contributed by atoms with E-state index in [1.165, 1.54) is 0 Å². The highest BCUT2D eigenvalue weighted by molar-refractivity contribution is 5.79. The summed E-state index contributed by atoms with van der Waals surface area (Å²) < 4.78 is 0. The molecule has 0 aromatic carbocycles. The molecule has 0 heterocycles. The summed E-state index contributed by atoms with van der Waals surface area (Å²) in [4.78, 5) is 28.9. The van der Waals surface area contributed by atoms with Crippen molar-refractivity contribution in [1.29, 1.82) is 0 Å². The molecular formula is C7H13NO7. The number of carboxylic acid groups (broad SMARTS) is 3. The highest BCUT2D eigenvalue weighted by atomic mass is 16.4. The maximum Gasteiger partial charge on any atom is 0.333 e. The third kappa shape index (κ3) is 15.1. The Labute approximate surface area is 84.9 Å². The molecule has 0 saturated heterocycles. The SMILES string of the molecule is NCCC(=O)O.O=C(O)CC(O)C(=O)O. The molecule has 0 aromatic rings. The zero-order valence-corrected chi connectivity index (χ0v) is 7.79. The number of aliphatic hydroxyl groups excluding tert-OH is 1. The minimum absolute atomic E-state index is 0.0694. The van der Waals surface area contributed by atoms with Crippen molar-refractivity contribution < 1.29 is 34.8 Å². The van der Waals surface area contributed by atoms with E-state index in [9.17, 15) is 14.4 Å². The maximum absolute atomic E-state index is 9.72. The second-order valence-electron chi connectivity index (χ2n) is 2.38. The number of nitrogens with two attached hydrogens (primary N) is 1. The fourth-order valence-electron chi connectivity index (χ4n) is 0.376. The molecule has 8 nitrogen and oxygen atoms in total. The van der Waals surface area contributed by atoms with E-state index in [0.29, 0.717) is 0 Å². The quantitative estimate of drug-likeness (QED) is 0.370. The van der Waals surface area contributed by atoms with Crippen molar-refractivity contribution >= 4 is 17.9 Å². The predicted octanol–water partition coefficient (Wildman–Crippen LogP) is -1.67. The van der Waals surface area contributed by atoms with E-state index >= 15 is 0 Å². The Kier molecular flexibility index (Phi) is 9.37. The van der Waals surface area contributed by atoms with Gasteiger partial charge in [0.1, 0.15) is 0 Å². The van der Waals surface area contributed by atoms with Crippen LogP contribution < -0.4 is 5.73 Å². The van der Waals surface area contributed by atoms with Crippen LogP contribution in [-0.2, 0) is 14.4 Å². The zero-order valence-electron chi connectivity index (χ0n) is 7.79. The van der Waals surface area contributed by atoms with Gasteiger partial charge in [-0.05, 0) is 0 Å². The largest absolute Gasteiger partial charge is 0.481 e. The summed E-state index contributed by atoms with van der Waals surface area (Å²) >= 11 is 0. The molecule has 0 aliphatic rings. The average Bonchev–Trinajstić information content (AvgIpc) is 2.03. The van der Waals surface area contributed by atoms with Crippen LogP contribution in [0.2, 0.25) is 0 Å². The number of aliphatic carboxylic acids is 3. The molecule has 15 heavy (non-hydrogen) atoms. The molecule has 0 fully saturated rings. The fourth-order valence-corrected chi connectivity index (χ4v) is 0.376. The average molecular weight is 223 g/mol. The first-order valence-corrected chi connectivity index (χ1v) is 3.85. The molecule has 8 heteroatoms. The molecule has 1 atom stereocenters. The van der Waals surface area contributed by atoms with Gasteiger partial charge in [0.2, 0.25) is 0 Å². The van der Waals surface area contributed by atoms with Crippen LogP contribution >= 0.6 is 0 Å². The highest BCUT2D eigenvalue weighted by Gasteiger charge is 2.16. The van der Waals surface area contributed by atoms with Crippen molar-refractivity contribution in [3.8, 4) is 0 Å². The normalized spacial score (nSPS) is 10.8. The van der Waals surface area contributed by atoms with E-state index in [0.717, 1.165) is 0 Å². The summed E-state index contributed by atoms with van der Waals surface area (Å²) in [6, 6.07) is 0. The predicted molar refractivity (Wildman–Crippen MR) is 47.2 cm³/mol. The fraction of sp³-hybridized carbons (Fsp3) is 0.571. The lowest BCUT2D eigenvalue weighted by Crippen LogP contribution is -2.22. The van der Waals surface area contributed by atoms with Crippen LogP contribution in [0.5, 0.6) is 0 Å². The van der Waals surface area contributed by atoms with Gasteiger partial charge in [0.15, 0.2) is 6.10 Å². The summed E-state index contributed by atoms with van der Waals surface area (Å²) in [6.07, 6.45) is -2.47. The molecule has 0 saturated carbocycles. The molecule has 0 spiro atoms. The van der Waals surface area contributed by atoms with Crippen LogP contribution in [0.25, 0.3) is 0 Å². The van der Waals surface area contributed by atoms with Crippen LogP contribution in [-0.4, -0.2) is 51.0 Å². The Morgan fingerprint density at radius 1 is 1.07 bits per heavy atom. The van der Waals surface area contributed by atoms with Gasteiger partial charge >= 0.3 is 17.9 Å². The molecule has 0 amide bonds. The number of rotatable bonds is 5. The number of hydrogen-bond acceptors (Lipinski definition) is 5. The highest BCUT2D eigenvalue weighted by Crippen LogP contribution is 1.89. The summed E-state index contributed by atoms with van der Waals surface area (Å²) in [6.45, 7) is 0.231. The second-order valence-corrected chi connectivity index (χ2v) is 2.38. The maximum atomic E-state index is 9.72. The smallest absolute Gasteiger partial charge is 0.333 e. The van der Waals surface area contributed by atoms with Gasteiger partial charge in [0.25, 0.3) is 0 Å². The first kappa shape index (κ1) is 15.8. The van der Waals surface area contributed by atoms with Crippen molar-refractivity contribution in [3.63, 3.8) is 0 Å². The first-order valence-electron chi connectivity index (χ1n) is 3.85. The summed E-state index contributed by atoms with van der Waals surface area (Å²) in [5.74, 6) is -3.68. The number of aliphatic hydroxyl groups is 1. The summed E-state index contributed by atoms with van der Waals surface area (Å²) in [7, 11) is 0. The van der Waals surface area contributed by atoms with Crippen molar-refractivity contribution in [3.05, 3.63) is 0 Å². The molecule has 0 bridgehead atoms. The summed E-state index contributed by atoms with van der Waals surface area (Å²) in [5.41, 5.74) is 4.85. The number of carboxylic acids is 3. The van der Waals surface area contributed by atoms with Gasteiger partial charge in [-0.1, -0.05) is 0 Å². The van der Waals surface area contributed by atoms with E-state index < -0.39 is 30.4 Å². The lowest BCUT2D eigenvalue weighted by atomic mass is 10.3. The molecule has 0 aliphatic heterocycles. The van der Waals surface area contributed by atoms with Crippen molar-refractivity contribution in [2.45, 2.75) is 18.9 Å². The van der Waals surface area contributed by atoms with Gasteiger partial charge in [-0.2, -0.15) is 0 Å². The Bertz CT molecular complexity index is 227. The van der Waals surface area contributed by atoms with Crippen LogP contribution in [0.15, 0.2) is 0 Å². The van der Waals surface area contributed by atoms with Crippen molar-refractivity contribution in [2.75, 3.05) is 6.54 Å². The van der Waals surface area contributed by atoms with Gasteiger partial charge in [0.05, 0.1) is 12.8 Å². The van der Waals surface area contributed by atoms with Gasteiger partial charge in [0, 0.05) is 6.54 Å². The molecule has 1 unspecified atom stereocenters. The minimum Gasteiger partial charge on any atom is -0.481 e. The van der Waals surface area contributed by atoms with Crippen LogP contribution in [0.1, 0.15) is 12.8 Å². The van der Waals surface area contributed by atoms with Gasteiger partial charge in [-0.3, -0.25) is 9.59 Å². The van der Waals surface area contributed by atoms with Gasteiger partial charge in [-0.15, -0.1) is 0 Å². The third-order valence-electron chi connectivity index (χ3n) is 1.01. The van der Waals surface area contributed by atoms with E-state index in [-0.39, 0.29) is 13.0 Å². The zero-order chi connectivity index (χ0) is 12.4. The van der Waals surface area contributed by atoms with E-state index in [1.807, 2.05) is 0 Å². The third-order valence-corrected chi connectivity index (χ3v) is 1.01. The molecule has 0 aromatic heterocycles. The minimum atomic E-state index is -1.79. The van der Waals surface area contributed by atoms with E-state index in [2.05, 4.69) is 0 Å². The van der Waals surface area contributed by atoms with Crippen LogP contribution in [0, 0.1) is 0 Å². The molecule has 0 rings (SSSR count). The van der Waals surface area contributed by atoms with Gasteiger partial charge < -0.3 is 26.2 Å². The lowest BCUT2D eigenvalue weighted by Gasteiger charge is -1.97.